The number of fused-ring (bicyclic) bond motifs is 1. The minimum atomic E-state index is -4.14. The highest BCUT2D eigenvalue weighted by atomic mass is 32.2. The van der Waals surface area contributed by atoms with Crippen LogP contribution in [0.15, 0.2) is 59.9 Å². The molecule has 0 spiro atoms. The molecule has 182 valence electrons. The molecule has 12 heteroatoms. The van der Waals surface area contributed by atoms with Gasteiger partial charge in [0.1, 0.15) is 34.4 Å². The second kappa shape index (κ2) is 9.19. The molecule has 1 aliphatic rings. The van der Waals surface area contributed by atoms with Crippen molar-refractivity contribution in [2.24, 2.45) is 0 Å². The Morgan fingerprint density at radius 3 is 2.51 bits per heavy atom. The number of anilines is 1. The Morgan fingerprint density at radius 2 is 1.77 bits per heavy atom. The molecule has 1 saturated heterocycles. The third-order valence-electron chi connectivity index (χ3n) is 5.95. The first kappa shape index (κ1) is 23.1. The molecule has 5 rings (SSSR count). The maximum atomic E-state index is 14.3. The van der Waals surface area contributed by atoms with Gasteiger partial charge in [0.05, 0.1) is 7.11 Å². The summed E-state index contributed by atoms with van der Waals surface area (Å²) >= 11 is 0. The highest BCUT2D eigenvalue weighted by Gasteiger charge is 2.31. The van der Waals surface area contributed by atoms with Crippen LogP contribution in [0.4, 0.5) is 14.6 Å². The molecule has 1 fully saturated rings. The zero-order chi connectivity index (χ0) is 24.6. The van der Waals surface area contributed by atoms with E-state index in [0.717, 1.165) is 29.1 Å². The van der Waals surface area contributed by atoms with Crippen molar-refractivity contribution in [2.45, 2.75) is 11.3 Å². The first-order chi connectivity index (χ1) is 16.9. The number of nitrogens with zero attached hydrogens (tertiary/aromatic N) is 6. The summed E-state index contributed by atoms with van der Waals surface area (Å²) in [4.78, 5) is 10.1. The predicted molar refractivity (Wildman–Crippen MR) is 125 cm³/mol. The molecule has 2 aromatic carbocycles. The molecule has 2 aromatic heterocycles. The fourth-order valence-electron chi connectivity index (χ4n) is 4.21. The van der Waals surface area contributed by atoms with Gasteiger partial charge in [0.25, 0.3) is 5.78 Å². The molecule has 35 heavy (non-hydrogen) atoms. The summed E-state index contributed by atoms with van der Waals surface area (Å²) in [5, 5.41) is 4.34. The zero-order valence-corrected chi connectivity index (χ0v) is 19.6. The van der Waals surface area contributed by atoms with E-state index in [1.165, 1.54) is 10.6 Å². The summed E-state index contributed by atoms with van der Waals surface area (Å²) < 4.78 is 62.0. The van der Waals surface area contributed by atoms with Crippen molar-refractivity contribution in [2.75, 3.05) is 38.2 Å². The first-order valence-corrected chi connectivity index (χ1v) is 12.4. The normalized spacial score (nSPS) is 15.3. The summed E-state index contributed by atoms with van der Waals surface area (Å²) in [6.07, 6.45) is 3.62. The van der Waals surface area contributed by atoms with E-state index in [2.05, 4.69) is 15.1 Å². The van der Waals surface area contributed by atoms with Crippen LogP contribution < -0.4 is 9.64 Å². The second-order valence-corrected chi connectivity index (χ2v) is 9.92. The van der Waals surface area contributed by atoms with Crippen LogP contribution in [-0.4, -0.2) is 65.6 Å². The number of sulfonamides is 1. The average molecular weight is 501 g/mol. The molecule has 9 nitrogen and oxygen atoms in total. The van der Waals surface area contributed by atoms with Gasteiger partial charge in [0.15, 0.2) is 0 Å². The molecule has 0 bridgehead atoms. The van der Waals surface area contributed by atoms with Gasteiger partial charge in [-0.25, -0.2) is 22.2 Å². The van der Waals surface area contributed by atoms with E-state index in [0.29, 0.717) is 37.1 Å². The van der Waals surface area contributed by atoms with Crippen molar-refractivity contribution < 1.29 is 21.9 Å². The Hall–Kier alpha value is -3.64. The maximum Gasteiger partial charge on any atom is 0.254 e. The van der Waals surface area contributed by atoms with E-state index in [4.69, 9.17) is 4.74 Å². The van der Waals surface area contributed by atoms with Gasteiger partial charge in [0.2, 0.25) is 10.0 Å². The van der Waals surface area contributed by atoms with E-state index in [9.17, 15) is 17.2 Å². The summed E-state index contributed by atoms with van der Waals surface area (Å²) in [7, 11) is -2.54. The van der Waals surface area contributed by atoms with Gasteiger partial charge in [0, 0.05) is 44.0 Å². The van der Waals surface area contributed by atoms with E-state index < -0.39 is 26.6 Å². The number of aromatic nitrogens is 4. The van der Waals surface area contributed by atoms with Gasteiger partial charge in [-0.1, -0.05) is 12.1 Å². The third-order valence-corrected chi connectivity index (χ3v) is 7.88. The summed E-state index contributed by atoms with van der Waals surface area (Å²) in [6.45, 7) is 1.16. The van der Waals surface area contributed by atoms with Crippen LogP contribution in [-0.2, 0) is 10.0 Å². The van der Waals surface area contributed by atoms with Crippen molar-refractivity contribution in [3.63, 3.8) is 0 Å². The quantitative estimate of drug-likeness (QED) is 0.416. The molecule has 0 N–H and O–H groups in total. The second-order valence-electron chi connectivity index (χ2n) is 8.02. The van der Waals surface area contributed by atoms with Crippen molar-refractivity contribution in [3.05, 3.63) is 66.6 Å². The van der Waals surface area contributed by atoms with Gasteiger partial charge < -0.3 is 9.64 Å². The van der Waals surface area contributed by atoms with Crippen LogP contribution >= 0.6 is 0 Å². The Morgan fingerprint density at radius 1 is 0.971 bits per heavy atom. The van der Waals surface area contributed by atoms with Gasteiger partial charge in [-0.15, -0.1) is 0 Å². The van der Waals surface area contributed by atoms with Crippen molar-refractivity contribution >= 4 is 21.6 Å². The number of methoxy groups -OCH3 is 1. The molecule has 1 aliphatic heterocycles. The van der Waals surface area contributed by atoms with Crippen LogP contribution in [0.1, 0.15) is 6.42 Å². The molecule has 0 unspecified atom stereocenters. The van der Waals surface area contributed by atoms with E-state index >= 15 is 0 Å². The molecule has 4 aromatic rings. The van der Waals surface area contributed by atoms with Gasteiger partial charge in [-0.3, -0.25) is 0 Å². The molecule has 0 saturated carbocycles. The Labute approximate surface area is 200 Å². The molecule has 0 aliphatic carbocycles. The standard InChI is InChI=1S/C23H22F2N6O3S/c1-34-18-6-3-16(4-7-18)19-14-26-23-27-15-28-31(23)22(19)29-9-2-10-30(12-11-29)35(32,33)21-8-5-17(24)13-20(21)25/h3-8,13-15H,2,9-12H2,1H3. The van der Waals surface area contributed by atoms with E-state index in [1.807, 2.05) is 29.2 Å². The van der Waals surface area contributed by atoms with Crippen LogP contribution in [0.2, 0.25) is 0 Å². The number of hydrogen-bond acceptors (Lipinski definition) is 7. The largest absolute Gasteiger partial charge is 0.497 e. The van der Waals surface area contributed by atoms with Gasteiger partial charge in [-0.05, 0) is 36.2 Å². The lowest BCUT2D eigenvalue weighted by Gasteiger charge is -2.26. The molecule has 3 heterocycles. The fourth-order valence-corrected chi connectivity index (χ4v) is 5.73. The molecule has 0 atom stereocenters. The SMILES string of the molecule is COc1ccc(-c2cnc3ncnn3c2N2CCCN(S(=O)(=O)c3ccc(F)cc3F)CC2)cc1. The summed E-state index contributed by atoms with van der Waals surface area (Å²) in [6, 6.07) is 10.0. The van der Waals surface area contributed by atoms with Crippen LogP contribution in [0.3, 0.4) is 0 Å². The lowest BCUT2D eigenvalue weighted by atomic mass is 10.1. The minimum Gasteiger partial charge on any atom is -0.497 e. The molecular formula is C23H22F2N6O3S. The molecule has 0 radical (unpaired) electrons. The number of benzene rings is 2. The number of ether oxygens (including phenoxy) is 1. The Balaban J connectivity index is 1.49. The first-order valence-electron chi connectivity index (χ1n) is 10.9. The molecule has 0 amide bonds. The summed E-state index contributed by atoms with van der Waals surface area (Å²) in [5.41, 5.74) is 1.68. The smallest absolute Gasteiger partial charge is 0.254 e. The monoisotopic (exact) mass is 500 g/mol. The predicted octanol–water partition coefficient (Wildman–Crippen LogP) is 2.98. The third kappa shape index (κ3) is 4.30. The van der Waals surface area contributed by atoms with Crippen molar-refractivity contribution in [1.82, 2.24) is 23.9 Å². The number of rotatable bonds is 5. The van der Waals surface area contributed by atoms with Crippen LogP contribution in [0.5, 0.6) is 5.75 Å². The fraction of sp³-hybridized carbons (Fsp3) is 0.261. The van der Waals surface area contributed by atoms with Crippen molar-refractivity contribution in [1.29, 1.82) is 0 Å². The Bertz CT molecular complexity index is 1480. The lowest BCUT2D eigenvalue weighted by Crippen LogP contribution is -2.36. The highest BCUT2D eigenvalue weighted by molar-refractivity contribution is 7.89. The van der Waals surface area contributed by atoms with E-state index in [1.54, 1.807) is 17.8 Å². The average Bonchev–Trinajstić information content (AvgIpc) is 3.19. The van der Waals surface area contributed by atoms with E-state index in [-0.39, 0.29) is 13.1 Å². The Kier molecular flexibility index (Phi) is 6.07. The van der Waals surface area contributed by atoms with Crippen molar-refractivity contribution in [3.8, 4) is 16.9 Å². The number of hydrogen-bond donors (Lipinski definition) is 0. The topological polar surface area (TPSA) is 92.9 Å². The highest BCUT2D eigenvalue weighted by Crippen LogP contribution is 2.32. The van der Waals surface area contributed by atoms with Gasteiger partial charge >= 0.3 is 0 Å². The van der Waals surface area contributed by atoms with Gasteiger partial charge in [-0.2, -0.15) is 18.9 Å². The lowest BCUT2D eigenvalue weighted by molar-refractivity contribution is 0.415. The maximum absolute atomic E-state index is 14.3. The zero-order valence-electron chi connectivity index (χ0n) is 18.8. The molecular weight excluding hydrogens is 478 g/mol. The number of halogens is 2. The van der Waals surface area contributed by atoms with Crippen LogP contribution in [0, 0.1) is 11.6 Å². The van der Waals surface area contributed by atoms with Crippen LogP contribution in [0.25, 0.3) is 16.9 Å². The minimum absolute atomic E-state index is 0.111. The summed E-state index contributed by atoms with van der Waals surface area (Å²) in [5.74, 6) is -0.0755.